The van der Waals surface area contributed by atoms with E-state index in [1.54, 1.807) is 0 Å². The van der Waals surface area contributed by atoms with Gasteiger partial charge in [-0.1, -0.05) is 0 Å². The Hall–Kier alpha value is -0.120. The van der Waals surface area contributed by atoms with Crippen molar-refractivity contribution in [2.75, 3.05) is 13.2 Å². The van der Waals surface area contributed by atoms with E-state index >= 15 is 0 Å². The molecule has 3 nitrogen and oxygen atoms in total. The zero-order valence-electron chi connectivity index (χ0n) is 8.04. The first-order valence-electron chi connectivity index (χ1n) is 5.39. The molecule has 0 bridgehead atoms. The predicted octanol–water partition coefficient (Wildman–Crippen LogP) is 0.668. The number of nitrogens with one attached hydrogen (secondary N) is 1. The molecule has 0 aromatic carbocycles. The number of piperidine rings is 1. The minimum absolute atomic E-state index is 0.114. The van der Waals surface area contributed by atoms with Gasteiger partial charge in [0.15, 0.2) is 0 Å². The lowest BCUT2D eigenvalue weighted by atomic mass is 9.93. The standard InChI is InChI=1S/C10H19NO2/c12-8-4-5-11-9(7-8)10-3-1-2-6-13-10/h8-12H,1-7H2/t8-,9+,10?/m0/s1. The van der Waals surface area contributed by atoms with Crippen LogP contribution in [0.25, 0.3) is 0 Å². The van der Waals surface area contributed by atoms with Crippen LogP contribution < -0.4 is 5.32 Å². The molecule has 0 spiro atoms. The Morgan fingerprint density at radius 1 is 1.23 bits per heavy atom. The number of ether oxygens (including phenoxy) is 1. The van der Waals surface area contributed by atoms with Crippen LogP contribution in [0.2, 0.25) is 0 Å². The lowest BCUT2D eigenvalue weighted by Crippen LogP contribution is -2.49. The van der Waals surface area contributed by atoms with E-state index in [1.807, 2.05) is 0 Å². The SMILES string of the molecule is O[C@H]1CCN[C@@H](C2CCCCO2)C1. The van der Waals surface area contributed by atoms with E-state index in [4.69, 9.17) is 4.74 Å². The minimum atomic E-state index is -0.114. The molecule has 2 rings (SSSR count). The lowest BCUT2D eigenvalue weighted by molar-refractivity contribution is -0.0276. The van der Waals surface area contributed by atoms with Gasteiger partial charge in [0, 0.05) is 12.6 Å². The normalized spacial score (nSPS) is 41.8. The van der Waals surface area contributed by atoms with Crippen LogP contribution in [0.1, 0.15) is 32.1 Å². The molecule has 0 amide bonds. The summed E-state index contributed by atoms with van der Waals surface area (Å²) in [6, 6.07) is 0.393. The van der Waals surface area contributed by atoms with E-state index in [0.717, 1.165) is 32.4 Å². The summed E-state index contributed by atoms with van der Waals surface area (Å²) in [5.74, 6) is 0. The summed E-state index contributed by atoms with van der Waals surface area (Å²) in [6.45, 7) is 1.84. The van der Waals surface area contributed by atoms with Crippen molar-refractivity contribution < 1.29 is 9.84 Å². The minimum Gasteiger partial charge on any atom is -0.393 e. The Morgan fingerprint density at radius 2 is 2.15 bits per heavy atom. The highest BCUT2D eigenvalue weighted by atomic mass is 16.5. The van der Waals surface area contributed by atoms with Crippen LogP contribution in [0.3, 0.4) is 0 Å². The molecule has 0 saturated carbocycles. The third kappa shape index (κ3) is 2.42. The molecule has 2 aliphatic heterocycles. The summed E-state index contributed by atoms with van der Waals surface area (Å²) >= 11 is 0. The Bertz CT molecular complexity index is 157. The molecule has 3 heteroatoms. The maximum atomic E-state index is 9.51. The summed E-state index contributed by atoms with van der Waals surface area (Å²) in [5, 5.41) is 12.9. The third-order valence-electron chi connectivity index (χ3n) is 3.07. The summed E-state index contributed by atoms with van der Waals surface area (Å²) in [6.07, 6.45) is 5.63. The van der Waals surface area contributed by atoms with Crippen LogP contribution in [0.5, 0.6) is 0 Å². The van der Waals surface area contributed by atoms with Crippen molar-refractivity contribution in [3.8, 4) is 0 Å². The average molecular weight is 185 g/mol. The molecular weight excluding hydrogens is 166 g/mol. The van der Waals surface area contributed by atoms with Crippen LogP contribution in [0.15, 0.2) is 0 Å². The van der Waals surface area contributed by atoms with Crippen molar-refractivity contribution in [2.45, 2.75) is 50.4 Å². The second-order valence-corrected chi connectivity index (χ2v) is 4.14. The Morgan fingerprint density at radius 3 is 2.85 bits per heavy atom. The molecule has 0 radical (unpaired) electrons. The second kappa shape index (κ2) is 4.40. The highest BCUT2D eigenvalue weighted by Crippen LogP contribution is 2.21. The van der Waals surface area contributed by atoms with Gasteiger partial charge in [-0.15, -0.1) is 0 Å². The molecule has 2 aliphatic rings. The summed E-state index contributed by atoms with van der Waals surface area (Å²) in [5.41, 5.74) is 0. The smallest absolute Gasteiger partial charge is 0.0729 e. The van der Waals surface area contributed by atoms with Crippen molar-refractivity contribution in [3.05, 3.63) is 0 Å². The zero-order chi connectivity index (χ0) is 9.10. The molecule has 2 N–H and O–H groups in total. The second-order valence-electron chi connectivity index (χ2n) is 4.14. The quantitative estimate of drug-likeness (QED) is 0.631. The topological polar surface area (TPSA) is 41.5 Å². The Labute approximate surface area is 79.5 Å². The maximum absolute atomic E-state index is 9.51. The molecule has 2 saturated heterocycles. The molecule has 2 heterocycles. The molecule has 0 aromatic rings. The van der Waals surface area contributed by atoms with Gasteiger partial charge in [-0.05, 0) is 38.6 Å². The zero-order valence-corrected chi connectivity index (χ0v) is 8.04. The number of aliphatic hydroxyl groups is 1. The monoisotopic (exact) mass is 185 g/mol. The molecule has 1 unspecified atom stereocenters. The highest BCUT2D eigenvalue weighted by molar-refractivity contribution is 4.85. The first-order chi connectivity index (χ1) is 6.36. The number of aliphatic hydroxyl groups excluding tert-OH is 1. The van der Waals surface area contributed by atoms with Crippen LogP contribution in [0, 0.1) is 0 Å². The van der Waals surface area contributed by atoms with Crippen LogP contribution in [0.4, 0.5) is 0 Å². The summed E-state index contributed by atoms with van der Waals surface area (Å²) in [7, 11) is 0. The Kier molecular flexibility index (Phi) is 3.19. The first-order valence-corrected chi connectivity index (χ1v) is 5.39. The number of rotatable bonds is 1. The van der Waals surface area contributed by atoms with Gasteiger partial charge in [0.25, 0.3) is 0 Å². The van der Waals surface area contributed by atoms with E-state index in [9.17, 15) is 5.11 Å². The van der Waals surface area contributed by atoms with Crippen LogP contribution in [-0.2, 0) is 4.74 Å². The van der Waals surface area contributed by atoms with Gasteiger partial charge in [-0.3, -0.25) is 0 Å². The summed E-state index contributed by atoms with van der Waals surface area (Å²) < 4.78 is 5.69. The fraction of sp³-hybridized carbons (Fsp3) is 1.00. The molecule has 0 aromatic heterocycles. The van der Waals surface area contributed by atoms with Gasteiger partial charge in [0.2, 0.25) is 0 Å². The summed E-state index contributed by atoms with van der Waals surface area (Å²) in [4.78, 5) is 0. The largest absolute Gasteiger partial charge is 0.393 e. The van der Waals surface area contributed by atoms with Gasteiger partial charge in [0.1, 0.15) is 0 Å². The average Bonchev–Trinajstić information content (AvgIpc) is 2.19. The van der Waals surface area contributed by atoms with E-state index in [1.165, 1.54) is 12.8 Å². The van der Waals surface area contributed by atoms with Gasteiger partial charge in [-0.25, -0.2) is 0 Å². The van der Waals surface area contributed by atoms with Crippen LogP contribution in [-0.4, -0.2) is 36.5 Å². The molecular formula is C10H19NO2. The maximum Gasteiger partial charge on any atom is 0.0729 e. The predicted molar refractivity (Wildman–Crippen MR) is 50.6 cm³/mol. The fourth-order valence-corrected chi connectivity index (χ4v) is 2.30. The van der Waals surface area contributed by atoms with Gasteiger partial charge in [0.05, 0.1) is 12.2 Å². The Balaban J connectivity index is 1.83. The highest BCUT2D eigenvalue weighted by Gasteiger charge is 2.28. The van der Waals surface area contributed by atoms with Crippen molar-refractivity contribution >= 4 is 0 Å². The van der Waals surface area contributed by atoms with Crippen molar-refractivity contribution in [1.29, 1.82) is 0 Å². The molecule has 3 atom stereocenters. The van der Waals surface area contributed by atoms with Gasteiger partial charge < -0.3 is 15.2 Å². The van der Waals surface area contributed by atoms with Gasteiger partial charge >= 0.3 is 0 Å². The van der Waals surface area contributed by atoms with Crippen molar-refractivity contribution in [2.24, 2.45) is 0 Å². The van der Waals surface area contributed by atoms with Crippen molar-refractivity contribution in [3.63, 3.8) is 0 Å². The number of hydrogen-bond donors (Lipinski definition) is 2. The molecule has 2 fully saturated rings. The molecule has 0 aliphatic carbocycles. The van der Waals surface area contributed by atoms with E-state index in [2.05, 4.69) is 5.32 Å². The van der Waals surface area contributed by atoms with E-state index < -0.39 is 0 Å². The van der Waals surface area contributed by atoms with Gasteiger partial charge in [-0.2, -0.15) is 0 Å². The molecule has 13 heavy (non-hydrogen) atoms. The molecule has 76 valence electrons. The van der Waals surface area contributed by atoms with Crippen molar-refractivity contribution in [1.82, 2.24) is 5.32 Å². The van der Waals surface area contributed by atoms with E-state index in [0.29, 0.717) is 12.1 Å². The lowest BCUT2D eigenvalue weighted by Gasteiger charge is -2.35. The first kappa shape index (κ1) is 9.44. The van der Waals surface area contributed by atoms with E-state index in [-0.39, 0.29) is 6.10 Å². The van der Waals surface area contributed by atoms with Crippen LogP contribution >= 0.6 is 0 Å². The third-order valence-corrected chi connectivity index (χ3v) is 3.07. The fourth-order valence-electron chi connectivity index (χ4n) is 2.30. The number of hydrogen-bond acceptors (Lipinski definition) is 3.